The van der Waals surface area contributed by atoms with Crippen molar-refractivity contribution in [2.75, 3.05) is 23.3 Å². The molecule has 4 nitrogen and oxygen atoms in total. The molecule has 1 saturated heterocycles. The van der Waals surface area contributed by atoms with E-state index in [1.54, 1.807) is 24.4 Å². The number of hydrogen-bond acceptors (Lipinski definition) is 4. The predicted octanol–water partition coefficient (Wildman–Crippen LogP) is 2.83. The van der Waals surface area contributed by atoms with Crippen molar-refractivity contribution < 1.29 is 4.39 Å². The average Bonchev–Trinajstić information content (AvgIpc) is 3.01. The van der Waals surface area contributed by atoms with Crippen molar-refractivity contribution in [1.29, 1.82) is 0 Å². The van der Waals surface area contributed by atoms with Gasteiger partial charge in [0.2, 0.25) is 5.95 Å². The molecule has 3 rings (SSSR count). The fraction of sp³-hybridized carbons (Fsp3) is 0.333. The first-order valence-corrected chi connectivity index (χ1v) is 6.88. The lowest BCUT2D eigenvalue weighted by molar-refractivity contribution is 0.613. The fourth-order valence-electron chi connectivity index (χ4n) is 2.34. The SMILES string of the molecule is Fc1ccccc1CNc1ccnc(N2CCCC2)n1. The van der Waals surface area contributed by atoms with Crippen molar-refractivity contribution in [1.82, 2.24) is 9.97 Å². The topological polar surface area (TPSA) is 41.1 Å². The minimum Gasteiger partial charge on any atom is -0.366 e. The van der Waals surface area contributed by atoms with Crippen LogP contribution in [0.4, 0.5) is 16.2 Å². The molecule has 0 spiro atoms. The molecule has 1 aromatic carbocycles. The van der Waals surface area contributed by atoms with E-state index in [1.165, 1.54) is 18.9 Å². The molecule has 0 bridgehead atoms. The van der Waals surface area contributed by atoms with Gasteiger partial charge in [-0.05, 0) is 25.0 Å². The first-order chi connectivity index (χ1) is 9.83. The molecule has 0 amide bonds. The summed E-state index contributed by atoms with van der Waals surface area (Å²) in [7, 11) is 0. The van der Waals surface area contributed by atoms with Crippen molar-refractivity contribution in [3.05, 3.63) is 47.9 Å². The summed E-state index contributed by atoms with van der Waals surface area (Å²) in [5.41, 5.74) is 0.633. The maximum atomic E-state index is 13.5. The Morgan fingerprint density at radius 2 is 1.95 bits per heavy atom. The molecule has 1 aliphatic heterocycles. The molecule has 0 unspecified atom stereocenters. The molecule has 2 heterocycles. The van der Waals surface area contributed by atoms with E-state index in [1.807, 2.05) is 6.07 Å². The van der Waals surface area contributed by atoms with Crippen LogP contribution in [0, 0.1) is 5.82 Å². The highest BCUT2D eigenvalue weighted by molar-refractivity contribution is 5.42. The zero-order valence-corrected chi connectivity index (χ0v) is 11.2. The van der Waals surface area contributed by atoms with Crippen LogP contribution in [0.1, 0.15) is 18.4 Å². The molecule has 0 aliphatic carbocycles. The van der Waals surface area contributed by atoms with Crippen molar-refractivity contribution in [2.45, 2.75) is 19.4 Å². The van der Waals surface area contributed by atoms with Crippen LogP contribution in [0.25, 0.3) is 0 Å². The van der Waals surface area contributed by atoms with E-state index in [-0.39, 0.29) is 5.82 Å². The number of rotatable bonds is 4. The van der Waals surface area contributed by atoms with Gasteiger partial charge in [-0.3, -0.25) is 0 Å². The molecule has 1 aliphatic rings. The predicted molar refractivity (Wildman–Crippen MR) is 77.2 cm³/mol. The van der Waals surface area contributed by atoms with E-state index in [2.05, 4.69) is 20.2 Å². The monoisotopic (exact) mass is 272 g/mol. The number of benzene rings is 1. The van der Waals surface area contributed by atoms with Crippen LogP contribution in [0.3, 0.4) is 0 Å². The van der Waals surface area contributed by atoms with E-state index < -0.39 is 0 Å². The summed E-state index contributed by atoms with van der Waals surface area (Å²) in [4.78, 5) is 11.0. The van der Waals surface area contributed by atoms with Crippen molar-refractivity contribution >= 4 is 11.8 Å². The third-order valence-corrected chi connectivity index (χ3v) is 3.45. The molecule has 20 heavy (non-hydrogen) atoms. The lowest BCUT2D eigenvalue weighted by Crippen LogP contribution is -2.20. The second-order valence-corrected chi connectivity index (χ2v) is 4.88. The number of halogens is 1. The van der Waals surface area contributed by atoms with E-state index in [9.17, 15) is 4.39 Å². The van der Waals surface area contributed by atoms with Crippen molar-refractivity contribution in [3.8, 4) is 0 Å². The van der Waals surface area contributed by atoms with Crippen LogP contribution in [-0.2, 0) is 6.54 Å². The van der Waals surface area contributed by atoms with Crippen LogP contribution in [0.5, 0.6) is 0 Å². The van der Waals surface area contributed by atoms with Gasteiger partial charge < -0.3 is 10.2 Å². The Hall–Kier alpha value is -2.17. The highest BCUT2D eigenvalue weighted by atomic mass is 19.1. The summed E-state index contributed by atoms with van der Waals surface area (Å²) in [6.45, 7) is 2.44. The van der Waals surface area contributed by atoms with E-state index in [0.29, 0.717) is 12.1 Å². The van der Waals surface area contributed by atoms with Crippen LogP contribution in [0.15, 0.2) is 36.5 Å². The van der Waals surface area contributed by atoms with Gasteiger partial charge in [0.05, 0.1) is 0 Å². The van der Waals surface area contributed by atoms with Gasteiger partial charge in [-0.15, -0.1) is 0 Å². The first-order valence-electron chi connectivity index (χ1n) is 6.88. The molecule has 1 N–H and O–H groups in total. The van der Waals surface area contributed by atoms with E-state index in [0.717, 1.165) is 24.9 Å². The minimum atomic E-state index is -0.200. The molecule has 104 valence electrons. The summed E-state index contributed by atoms with van der Waals surface area (Å²) in [5.74, 6) is 1.28. The number of nitrogens with zero attached hydrogens (tertiary/aromatic N) is 3. The van der Waals surface area contributed by atoms with Crippen LogP contribution < -0.4 is 10.2 Å². The van der Waals surface area contributed by atoms with Gasteiger partial charge >= 0.3 is 0 Å². The van der Waals surface area contributed by atoms with Crippen molar-refractivity contribution in [2.24, 2.45) is 0 Å². The zero-order valence-electron chi connectivity index (χ0n) is 11.2. The largest absolute Gasteiger partial charge is 0.366 e. The van der Waals surface area contributed by atoms with Gasteiger partial charge in [-0.2, -0.15) is 4.98 Å². The second kappa shape index (κ2) is 5.86. The fourth-order valence-corrected chi connectivity index (χ4v) is 2.34. The average molecular weight is 272 g/mol. The molecular weight excluding hydrogens is 255 g/mol. The van der Waals surface area contributed by atoms with Crippen LogP contribution >= 0.6 is 0 Å². The Morgan fingerprint density at radius 1 is 1.15 bits per heavy atom. The van der Waals surface area contributed by atoms with Crippen LogP contribution in [-0.4, -0.2) is 23.1 Å². The van der Waals surface area contributed by atoms with Gasteiger partial charge in [0.1, 0.15) is 11.6 Å². The molecular formula is C15H17FN4. The van der Waals surface area contributed by atoms with Gasteiger partial charge in [0, 0.05) is 31.4 Å². The molecule has 2 aromatic rings. The lowest BCUT2D eigenvalue weighted by atomic mass is 10.2. The molecule has 0 atom stereocenters. The van der Waals surface area contributed by atoms with E-state index >= 15 is 0 Å². The lowest BCUT2D eigenvalue weighted by Gasteiger charge is -2.15. The Bertz CT molecular complexity index is 582. The highest BCUT2D eigenvalue weighted by Crippen LogP contribution is 2.17. The van der Waals surface area contributed by atoms with Gasteiger partial charge in [0.25, 0.3) is 0 Å². The highest BCUT2D eigenvalue weighted by Gasteiger charge is 2.14. The molecule has 5 heteroatoms. The normalized spacial score (nSPS) is 14.6. The molecule has 1 aromatic heterocycles. The molecule has 0 radical (unpaired) electrons. The summed E-state index contributed by atoms with van der Waals surface area (Å²) in [6.07, 6.45) is 4.12. The second-order valence-electron chi connectivity index (χ2n) is 4.88. The Morgan fingerprint density at radius 3 is 2.75 bits per heavy atom. The standard InChI is InChI=1S/C15H17FN4/c16-13-6-2-1-5-12(13)11-18-14-7-8-17-15(19-14)20-9-3-4-10-20/h1-2,5-8H,3-4,9-11H2,(H,17,18,19). The number of hydrogen-bond donors (Lipinski definition) is 1. The Kier molecular flexibility index (Phi) is 3.76. The van der Waals surface area contributed by atoms with Gasteiger partial charge in [-0.25, -0.2) is 9.37 Å². The van der Waals surface area contributed by atoms with Crippen molar-refractivity contribution in [3.63, 3.8) is 0 Å². The third kappa shape index (κ3) is 2.87. The maximum Gasteiger partial charge on any atom is 0.227 e. The van der Waals surface area contributed by atoms with E-state index in [4.69, 9.17) is 0 Å². The number of aromatic nitrogens is 2. The summed E-state index contributed by atoms with van der Waals surface area (Å²) in [5, 5.41) is 3.15. The van der Waals surface area contributed by atoms with Gasteiger partial charge in [-0.1, -0.05) is 18.2 Å². The molecule has 1 fully saturated rings. The maximum absolute atomic E-state index is 13.5. The smallest absolute Gasteiger partial charge is 0.227 e. The summed E-state index contributed by atoms with van der Waals surface area (Å²) in [6, 6.07) is 8.56. The first kappa shape index (κ1) is 12.8. The zero-order chi connectivity index (χ0) is 13.8. The summed E-state index contributed by atoms with van der Waals surface area (Å²) < 4.78 is 13.5. The van der Waals surface area contributed by atoms with Crippen LogP contribution in [0.2, 0.25) is 0 Å². The quantitative estimate of drug-likeness (QED) is 0.929. The summed E-state index contributed by atoms with van der Waals surface area (Å²) >= 11 is 0. The Labute approximate surface area is 117 Å². The number of anilines is 2. The molecule has 0 saturated carbocycles. The number of nitrogens with one attached hydrogen (secondary N) is 1. The third-order valence-electron chi connectivity index (χ3n) is 3.45. The minimum absolute atomic E-state index is 0.200. The van der Waals surface area contributed by atoms with Gasteiger partial charge in [0.15, 0.2) is 0 Å². The Balaban J connectivity index is 1.68.